The molecule has 0 aromatic carbocycles. The molecule has 0 radical (unpaired) electrons. The van der Waals surface area contributed by atoms with Gasteiger partial charge in [-0.25, -0.2) is 0 Å². The summed E-state index contributed by atoms with van der Waals surface area (Å²) in [6.45, 7) is 19.5. The van der Waals surface area contributed by atoms with Gasteiger partial charge in [-0.05, 0) is 60.7 Å². The highest BCUT2D eigenvalue weighted by molar-refractivity contribution is 7.81. The molecule has 1 saturated carbocycles. The first-order valence-electron chi connectivity index (χ1n) is 10.7. The average Bonchev–Trinajstić information content (AvgIpc) is 3.25. The highest BCUT2D eigenvalue weighted by atomic mass is 32.1. The summed E-state index contributed by atoms with van der Waals surface area (Å²) < 4.78 is 0.220. The van der Waals surface area contributed by atoms with Gasteiger partial charge in [-0.15, -0.1) is 0 Å². The molecule has 1 fully saturated rings. The third kappa shape index (κ3) is 5.18. The maximum atomic E-state index is 4.96. The molecule has 0 heterocycles. The summed E-state index contributed by atoms with van der Waals surface area (Å²) in [6, 6.07) is 0. The molecule has 2 unspecified atom stereocenters. The van der Waals surface area contributed by atoms with Crippen molar-refractivity contribution < 1.29 is 0 Å². The lowest BCUT2D eigenvalue weighted by atomic mass is 9.58. The average molecular weight is 355 g/mol. The van der Waals surface area contributed by atoms with E-state index < -0.39 is 0 Å². The van der Waals surface area contributed by atoms with Gasteiger partial charge in [-0.1, -0.05) is 81.1 Å². The normalized spacial score (nSPS) is 21.4. The van der Waals surface area contributed by atoms with Gasteiger partial charge in [0.25, 0.3) is 0 Å². The Morgan fingerprint density at radius 1 is 0.917 bits per heavy atom. The minimum absolute atomic E-state index is 0.220. The number of unbranched alkanes of at least 4 members (excludes halogenated alkanes) is 2. The van der Waals surface area contributed by atoms with Crippen LogP contribution in [-0.2, 0) is 0 Å². The van der Waals surface area contributed by atoms with Crippen LogP contribution in [0.1, 0.15) is 120 Å². The minimum Gasteiger partial charge on any atom is -0.173 e. The van der Waals surface area contributed by atoms with Crippen LogP contribution in [0.2, 0.25) is 0 Å². The van der Waals surface area contributed by atoms with E-state index in [4.69, 9.17) is 12.6 Å². The van der Waals surface area contributed by atoms with Gasteiger partial charge < -0.3 is 0 Å². The Bertz CT molecular complexity index is 373. The van der Waals surface area contributed by atoms with E-state index in [1.54, 1.807) is 0 Å². The maximum absolute atomic E-state index is 4.96. The van der Waals surface area contributed by atoms with Crippen molar-refractivity contribution in [3.8, 4) is 0 Å². The highest BCUT2D eigenvalue weighted by Gasteiger charge is 2.56. The van der Waals surface area contributed by atoms with Crippen molar-refractivity contribution in [2.75, 3.05) is 0 Å². The quantitative estimate of drug-likeness (QED) is 0.264. The van der Waals surface area contributed by atoms with Gasteiger partial charge in [0.1, 0.15) is 0 Å². The first kappa shape index (κ1) is 22.4. The zero-order valence-corrected chi connectivity index (χ0v) is 19.0. The summed E-state index contributed by atoms with van der Waals surface area (Å²) in [5.74, 6) is 0.783. The molecule has 0 spiro atoms. The monoisotopic (exact) mass is 354 g/mol. The summed E-state index contributed by atoms with van der Waals surface area (Å²) in [5.41, 5.74) is 1.50. The molecule has 0 amide bonds. The molecule has 1 aliphatic carbocycles. The van der Waals surface area contributed by atoms with Crippen molar-refractivity contribution in [2.45, 2.75) is 124 Å². The Hall–Kier alpha value is 0.350. The third-order valence-electron chi connectivity index (χ3n) is 8.29. The SMILES string of the molecule is CCCC(CCCCCC(C)(C)C(C)(C)C1(C)CC1)C(C)(S)CC. The van der Waals surface area contributed by atoms with Crippen molar-refractivity contribution >= 4 is 12.6 Å². The lowest BCUT2D eigenvalue weighted by molar-refractivity contribution is 0.0224. The van der Waals surface area contributed by atoms with E-state index in [9.17, 15) is 0 Å². The van der Waals surface area contributed by atoms with E-state index in [0.29, 0.717) is 16.2 Å². The largest absolute Gasteiger partial charge is 0.173 e. The molecule has 144 valence electrons. The van der Waals surface area contributed by atoms with Crippen LogP contribution < -0.4 is 0 Å². The molecule has 1 rings (SSSR count). The molecular formula is C23H46S. The second-order valence-electron chi connectivity index (χ2n) is 10.4. The number of hydrogen-bond donors (Lipinski definition) is 1. The van der Waals surface area contributed by atoms with E-state index in [1.165, 1.54) is 64.2 Å². The van der Waals surface area contributed by atoms with Gasteiger partial charge in [0.15, 0.2) is 0 Å². The Kier molecular flexibility index (Phi) is 7.80. The summed E-state index contributed by atoms with van der Waals surface area (Å²) in [6.07, 6.45) is 13.6. The molecule has 0 bridgehead atoms. The van der Waals surface area contributed by atoms with Crippen molar-refractivity contribution in [3.63, 3.8) is 0 Å². The lowest BCUT2D eigenvalue weighted by Crippen LogP contribution is -2.39. The Morgan fingerprint density at radius 3 is 1.96 bits per heavy atom. The van der Waals surface area contributed by atoms with Crippen LogP contribution >= 0.6 is 12.6 Å². The molecular weight excluding hydrogens is 308 g/mol. The van der Waals surface area contributed by atoms with Crippen molar-refractivity contribution in [1.29, 1.82) is 0 Å². The van der Waals surface area contributed by atoms with Gasteiger partial charge in [0.05, 0.1) is 0 Å². The van der Waals surface area contributed by atoms with Crippen molar-refractivity contribution in [1.82, 2.24) is 0 Å². The molecule has 0 nitrogen and oxygen atoms in total. The zero-order chi connectivity index (χ0) is 18.6. The summed E-state index contributed by atoms with van der Waals surface area (Å²) in [4.78, 5) is 0. The van der Waals surface area contributed by atoms with Gasteiger partial charge in [-0.2, -0.15) is 12.6 Å². The fourth-order valence-electron chi connectivity index (χ4n) is 4.48. The van der Waals surface area contributed by atoms with Gasteiger partial charge in [0.2, 0.25) is 0 Å². The van der Waals surface area contributed by atoms with Crippen LogP contribution in [0.4, 0.5) is 0 Å². The predicted octanol–water partition coefficient (Wildman–Crippen LogP) is 8.30. The van der Waals surface area contributed by atoms with Crippen LogP contribution in [0.15, 0.2) is 0 Å². The predicted molar refractivity (Wildman–Crippen MR) is 114 cm³/mol. The van der Waals surface area contributed by atoms with E-state index >= 15 is 0 Å². The van der Waals surface area contributed by atoms with Crippen LogP contribution in [0.3, 0.4) is 0 Å². The van der Waals surface area contributed by atoms with Gasteiger partial charge in [0, 0.05) is 4.75 Å². The second kappa shape index (κ2) is 8.36. The molecule has 1 heteroatoms. The summed E-state index contributed by atoms with van der Waals surface area (Å²) >= 11 is 4.96. The number of rotatable bonds is 12. The van der Waals surface area contributed by atoms with Crippen LogP contribution in [0, 0.1) is 22.2 Å². The second-order valence-corrected chi connectivity index (χ2v) is 11.4. The fraction of sp³-hybridized carbons (Fsp3) is 1.00. The van der Waals surface area contributed by atoms with Crippen LogP contribution in [0.5, 0.6) is 0 Å². The van der Waals surface area contributed by atoms with Crippen molar-refractivity contribution in [3.05, 3.63) is 0 Å². The molecule has 0 aromatic heterocycles. The molecule has 2 atom stereocenters. The molecule has 0 aliphatic heterocycles. The third-order valence-corrected chi connectivity index (χ3v) is 8.97. The van der Waals surface area contributed by atoms with E-state index in [0.717, 1.165) is 5.92 Å². The van der Waals surface area contributed by atoms with Crippen LogP contribution in [0.25, 0.3) is 0 Å². The number of thiol groups is 1. The van der Waals surface area contributed by atoms with Crippen molar-refractivity contribution in [2.24, 2.45) is 22.2 Å². The summed E-state index contributed by atoms with van der Waals surface area (Å²) in [5, 5.41) is 0. The lowest BCUT2D eigenvalue weighted by Gasteiger charge is -2.47. The molecule has 0 aromatic rings. The van der Waals surface area contributed by atoms with Crippen LogP contribution in [-0.4, -0.2) is 4.75 Å². The fourth-order valence-corrected chi connectivity index (χ4v) is 4.74. The van der Waals surface area contributed by atoms with Gasteiger partial charge >= 0.3 is 0 Å². The number of hydrogen-bond acceptors (Lipinski definition) is 1. The Labute approximate surface area is 159 Å². The topological polar surface area (TPSA) is 0 Å². The molecule has 0 N–H and O–H groups in total. The zero-order valence-electron chi connectivity index (χ0n) is 18.1. The smallest absolute Gasteiger partial charge is 0.0127 e. The maximum Gasteiger partial charge on any atom is 0.0127 e. The summed E-state index contributed by atoms with van der Waals surface area (Å²) in [7, 11) is 0. The first-order chi connectivity index (χ1) is 10.9. The molecule has 0 saturated heterocycles. The van der Waals surface area contributed by atoms with E-state index in [1.807, 2.05) is 0 Å². The van der Waals surface area contributed by atoms with Gasteiger partial charge in [-0.3, -0.25) is 0 Å². The first-order valence-corrected chi connectivity index (χ1v) is 11.1. The minimum atomic E-state index is 0.220. The van der Waals surface area contributed by atoms with E-state index in [-0.39, 0.29) is 4.75 Å². The highest BCUT2D eigenvalue weighted by Crippen LogP contribution is 2.65. The Balaban J connectivity index is 2.39. The standard InChI is InChI=1S/C23H46S/c1-9-14-19(23(8,24)10-2)15-12-11-13-16-20(3,4)21(5,6)22(7)17-18-22/h19,24H,9-18H2,1-8H3. The van der Waals surface area contributed by atoms with E-state index in [2.05, 4.69) is 55.4 Å². The molecule has 24 heavy (non-hydrogen) atoms. The molecule has 1 aliphatic rings. The Morgan fingerprint density at radius 2 is 1.50 bits per heavy atom.